The molecule has 0 heteroatoms. The van der Waals surface area contributed by atoms with Crippen molar-refractivity contribution < 1.29 is 0 Å². The van der Waals surface area contributed by atoms with Gasteiger partial charge in [0.15, 0.2) is 0 Å². The molecule has 0 aromatic heterocycles. The molecule has 0 aliphatic carbocycles. The Balaban J connectivity index is 0. The molecule has 0 aliphatic rings. The molecule has 18 heavy (non-hydrogen) atoms. The maximum atomic E-state index is 3.85. The van der Waals surface area contributed by atoms with E-state index < -0.39 is 0 Å². The van der Waals surface area contributed by atoms with E-state index >= 15 is 0 Å². The lowest BCUT2D eigenvalue weighted by atomic mass is 9.94. The first-order valence-electron chi connectivity index (χ1n) is 7.12. The highest BCUT2D eigenvalue weighted by Crippen LogP contribution is 2.22. The third-order valence-electron chi connectivity index (χ3n) is 2.53. The SMILES string of the molecule is C=Cc1ccc(C)c(CC)c1/C=C\C.CC.CC. The topological polar surface area (TPSA) is 0 Å². The maximum Gasteiger partial charge on any atom is -0.0153 e. The summed E-state index contributed by atoms with van der Waals surface area (Å²) in [5.41, 5.74) is 5.35. The predicted octanol–water partition coefficient (Wildman–Crippen LogP) is 6.29. The zero-order valence-corrected chi connectivity index (χ0v) is 13.3. The largest absolute Gasteiger partial charge is 0.0984 e. The van der Waals surface area contributed by atoms with Gasteiger partial charge in [0, 0.05) is 0 Å². The van der Waals surface area contributed by atoms with Gasteiger partial charge in [-0.2, -0.15) is 0 Å². The zero-order valence-electron chi connectivity index (χ0n) is 13.3. The van der Waals surface area contributed by atoms with E-state index in [4.69, 9.17) is 0 Å². The van der Waals surface area contributed by atoms with Crippen molar-refractivity contribution in [3.8, 4) is 0 Å². The monoisotopic (exact) mass is 246 g/mol. The van der Waals surface area contributed by atoms with E-state index in [0.29, 0.717) is 0 Å². The number of hydrogen-bond acceptors (Lipinski definition) is 0. The second kappa shape index (κ2) is 12.2. The van der Waals surface area contributed by atoms with Crippen molar-refractivity contribution >= 4 is 12.2 Å². The molecular weight excluding hydrogens is 216 g/mol. The third-order valence-corrected chi connectivity index (χ3v) is 2.53. The van der Waals surface area contributed by atoms with Crippen LogP contribution >= 0.6 is 0 Å². The minimum absolute atomic E-state index is 1.08. The lowest BCUT2D eigenvalue weighted by molar-refractivity contribution is 1.10. The van der Waals surface area contributed by atoms with Crippen LogP contribution in [0.1, 0.15) is 63.8 Å². The Hall–Kier alpha value is -1.30. The fourth-order valence-corrected chi connectivity index (χ4v) is 1.80. The van der Waals surface area contributed by atoms with Crippen molar-refractivity contribution in [2.45, 2.75) is 54.9 Å². The van der Waals surface area contributed by atoms with Crippen LogP contribution < -0.4 is 0 Å². The van der Waals surface area contributed by atoms with E-state index in [1.54, 1.807) is 0 Å². The third kappa shape index (κ3) is 5.35. The fraction of sp³-hybridized carbons (Fsp3) is 0.444. The number of aryl methyl sites for hydroxylation is 1. The average Bonchev–Trinajstić information content (AvgIpc) is 2.44. The molecular formula is C18H30. The summed E-state index contributed by atoms with van der Waals surface area (Å²) < 4.78 is 0. The van der Waals surface area contributed by atoms with Crippen LogP contribution in [0.25, 0.3) is 12.2 Å². The fourth-order valence-electron chi connectivity index (χ4n) is 1.80. The summed E-state index contributed by atoms with van der Waals surface area (Å²) in [6, 6.07) is 4.31. The minimum atomic E-state index is 1.08. The summed E-state index contributed by atoms with van der Waals surface area (Å²) in [5.74, 6) is 0. The Morgan fingerprint density at radius 3 is 2.06 bits per heavy atom. The second-order valence-electron chi connectivity index (χ2n) is 3.42. The van der Waals surface area contributed by atoms with Gasteiger partial charge in [0.1, 0.15) is 0 Å². The molecule has 0 fully saturated rings. The number of rotatable bonds is 3. The molecule has 0 saturated heterocycles. The van der Waals surface area contributed by atoms with Crippen LogP contribution in [0.3, 0.4) is 0 Å². The molecule has 0 amide bonds. The van der Waals surface area contributed by atoms with E-state index in [0.717, 1.165) is 6.42 Å². The van der Waals surface area contributed by atoms with Gasteiger partial charge in [-0.1, -0.05) is 71.6 Å². The van der Waals surface area contributed by atoms with Crippen molar-refractivity contribution in [1.29, 1.82) is 0 Å². The summed E-state index contributed by atoms with van der Waals surface area (Å²) in [6.07, 6.45) is 7.25. The molecule has 0 nitrogen and oxygen atoms in total. The minimum Gasteiger partial charge on any atom is -0.0984 e. The summed E-state index contributed by atoms with van der Waals surface area (Å²) in [5, 5.41) is 0. The van der Waals surface area contributed by atoms with Crippen molar-refractivity contribution in [3.63, 3.8) is 0 Å². The van der Waals surface area contributed by atoms with Crippen molar-refractivity contribution in [2.24, 2.45) is 0 Å². The van der Waals surface area contributed by atoms with Gasteiger partial charge in [0.25, 0.3) is 0 Å². The molecule has 1 rings (SSSR count). The number of hydrogen-bond donors (Lipinski definition) is 0. The van der Waals surface area contributed by atoms with E-state index in [-0.39, 0.29) is 0 Å². The van der Waals surface area contributed by atoms with E-state index in [9.17, 15) is 0 Å². The lowest BCUT2D eigenvalue weighted by Crippen LogP contribution is -1.94. The van der Waals surface area contributed by atoms with Gasteiger partial charge in [-0.3, -0.25) is 0 Å². The van der Waals surface area contributed by atoms with Crippen molar-refractivity contribution in [1.82, 2.24) is 0 Å². The van der Waals surface area contributed by atoms with Crippen LogP contribution in [0, 0.1) is 6.92 Å². The lowest BCUT2D eigenvalue weighted by Gasteiger charge is -2.11. The van der Waals surface area contributed by atoms with Gasteiger partial charge >= 0.3 is 0 Å². The second-order valence-corrected chi connectivity index (χ2v) is 3.42. The van der Waals surface area contributed by atoms with Gasteiger partial charge in [-0.25, -0.2) is 0 Å². The Labute approximate surface area is 114 Å². The quantitative estimate of drug-likeness (QED) is 0.588. The molecule has 0 unspecified atom stereocenters. The summed E-state index contributed by atoms with van der Waals surface area (Å²) in [4.78, 5) is 0. The van der Waals surface area contributed by atoms with E-state index in [2.05, 4.69) is 51.6 Å². The first kappa shape index (κ1) is 19.0. The predicted molar refractivity (Wildman–Crippen MR) is 88.1 cm³/mol. The zero-order chi connectivity index (χ0) is 14.6. The van der Waals surface area contributed by atoms with E-state index in [1.165, 1.54) is 22.3 Å². The maximum absolute atomic E-state index is 3.85. The van der Waals surface area contributed by atoms with Gasteiger partial charge in [0.05, 0.1) is 0 Å². The van der Waals surface area contributed by atoms with Crippen LogP contribution in [-0.4, -0.2) is 0 Å². The Morgan fingerprint density at radius 2 is 1.67 bits per heavy atom. The molecule has 1 aromatic carbocycles. The smallest absolute Gasteiger partial charge is 0.0153 e. The van der Waals surface area contributed by atoms with Crippen LogP contribution in [0.2, 0.25) is 0 Å². The Kier molecular flexibility index (Phi) is 12.9. The highest BCUT2D eigenvalue weighted by Gasteiger charge is 2.04. The van der Waals surface area contributed by atoms with Gasteiger partial charge in [-0.15, -0.1) is 0 Å². The summed E-state index contributed by atoms with van der Waals surface area (Å²) >= 11 is 0. The highest BCUT2D eigenvalue weighted by molar-refractivity contribution is 5.68. The highest BCUT2D eigenvalue weighted by atomic mass is 14.1. The van der Waals surface area contributed by atoms with Crippen molar-refractivity contribution in [2.75, 3.05) is 0 Å². The molecule has 0 heterocycles. The first-order valence-corrected chi connectivity index (χ1v) is 7.12. The molecule has 0 atom stereocenters. The Bertz CT molecular complexity index is 357. The Morgan fingerprint density at radius 1 is 1.11 bits per heavy atom. The molecule has 0 saturated carbocycles. The van der Waals surface area contributed by atoms with Crippen LogP contribution in [0.5, 0.6) is 0 Å². The normalized spacial score (nSPS) is 9.06. The average molecular weight is 246 g/mol. The molecule has 102 valence electrons. The van der Waals surface area contributed by atoms with Crippen molar-refractivity contribution in [3.05, 3.63) is 47.0 Å². The standard InChI is InChI=1S/C14H18.2C2H6/c1-5-8-14-12(6-2)10-9-11(4)13(14)7-3;2*1-2/h5-6,8-10H,2,7H2,1,3-4H3;2*1-2H3/b8-5-;;. The number of allylic oxidation sites excluding steroid dienone is 1. The van der Waals surface area contributed by atoms with E-state index in [1.807, 2.05) is 33.8 Å². The molecule has 0 radical (unpaired) electrons. The van der Waals surface area contributed by atoms with Gasteiger partial charge < -0.3 is 0 Å². The number of benzene rings is 1. The molecule has 0 bridgehead atoms. The van der Waals surface area contributed by atoms with Gasteiger partial charge in [-0.05, 0) is 42.5 Å². The molecule has 0 aliphatic heterocycles. The van der Waals surface area contributed by atoms with Crippen LogP contribution in [-0.2, 0) is 6.42 Å². The molecule has 0 spiro atoms. The van der Waals surface area contributed by atoms with Crippen LogP contribution in [0.15, 0.2) is 24.8 Å². The van der Waals surface area contributed by atoms with Gasteiger partial charge in [0.2, 0.25) is 0 Å². The summed E-state index contributed by atoms with van der Waals surface area (Å²) in [7, 11) is 0. The summed E-state index contributed by atoms with van der Waals surface area (Å²) in [6.45, 7) is 18.3. The molecule has 0 N–H and O–H groups in total. The molecule has 1 aromatic rings. The first-order chi connectivity index (χ1) is 8.74. The van der Waals surface area contributed by atoms with Crippen LogP contribution in [0.4, 0.5) is 0 Å².